The lowest BCUT2D eigenvalue weighted by Gasteiger charge is -2.08. The molecule has 0 fully saturated rings. The fourth-order valence-electron chi connectivity index (χ4n) is 1.76. The first kappa shape index (κ1) is 15.5. The third-order valence-corrected chi connectivity index (χ3v) is 4.00. The van der Waals surface area contributed by atoms with Crippen molar-refractivity contribution in [1.29, 1.82) is 0 Å². The summed E-state index contributed by atoms with van der Waals surface area (Å²) in [7, 11) is -8.69. The molecule has 2 aromatic carbocycles. The van der Waals surface area contributed by atoms with Crippen LogP contribution in [0.15, 0.2) is 35.2 Å². The third-order valence-electron chi connectivity index (χ3n) is 2.66. The van der Waals surface area contributed by atoms with E-state index in [1.54, 1.807) is 0 Å². The third kappa shape index (κ3) is 3.82. The van der Waals surface area contributed by atoms with E-state index in [4.69, 9.17) is 9.11 Å². The number of benzene rings is 2. The summed E-state index contributed by atoms with van der Waals surface area (Å²) in [6.07, 6.45) is 0. The Balaban J connectivity index is 2.51. The maximum absolute atomic E-state index is 11.1. The molecular weight excluding hydrogens is 322 g/mol. The van der Waals surface area contributed by atoms with Crippen molar-refractivity contribution in [3.63, 3.8) is 0 Å². The molecule has 0 unspecified atom stereocenters. The van der Waals surface area contributed by atoms with Gasteiger partial charge in [-0.15, -0.1) is 0 Å². The molecule has 0 aliphatic carbocycles. The molecule has 0 saturated carbocycles. The molecule has 21 heavy (non-hydrogen) atoms. The lowest BCUT2D eigenvalue weighted by molar-refractivity contribution is 0.471. The topological polar surface area (TPSA) is 141 Å². The summed E-state index contributed by atoms with van der Waals surface area (Å²) in [6, 6.07) is 6.28. The Morgan fingerprint density at radius 2 is 1.67 bits per heavy atom. The van der Waals surface area contributed by atoms with Crippen molar-refractivity contribution < 1.29 is 31.0 Å². The first-order chi connectivity index (χ1) is 9.56. The summed E-state index contributed by atoms with van der Waals surface area (Å²) < 4.78 is 61.1. The molecule has 8 nitrogen and oxygen atoms in total. The Morgan fingerprint density at radius 3 is 2.24 bits per heavy atom. The van der Waals surface area contributed by atoms with Gasteiger partial charge >= 0.3 is 0 Å². The monoisotopic (exact) mass is 333 g/mol. The molecule has 114 valence electrons. The number of hydrogen-bond donors (Lipinski definition) is 4. The summed E-state index contributed by atoms with van der Waals surface area (Å²) in [5, 5.41) is 12.7. The van der Waals surface area contributed by atoms with E-state index >= 15 is 0 Å². The molecule has 2 rings (SSSR count). The summed E-state index contributed by atoms with van der Waals surface area (Å²) in [5.41, 5.74) is 0.284. The number of rotatable bonds is 4. The number of hydrogen-bond acceptors (Lipinski definition) is 6. The Morgan fingerprint density at radius 1 is 1.00 bits per heavy atom. The van der Waals surface area contributed by atoms with Crippen molar-refractivity contribution in [2.75, 3.05) is 11.2 Å². The summed E-state index contributed by atoms with van der Waals surface area (Å²) in [4.78, 5) is -0.487. The largest absolute Gasteiger partial charge is 0.507 e. The number of anilines is 1. The zero-order valence-corrected chi connectivity index (χ0v) is 12.0. The fraction of sp³-hybridized carbons (Fsp3) is 0.0909. The SMILES string of the molecule is O=S(=O)(O)CNc1ccc2c(O)cc(S(=O)(=O)O)cc2c1. The first-order valence-corrected chi connectivity index (χ1v) is 8.54. The second-order valence-electron chi connectivity index (χ2n) is 4.26. The predicted molar refractivity (Wildman–Crippen MR) is 75.5 cm³/mol. The quantitative estimate of drug-likeness (QED) is 0.608. The van der Waals surface area contributed by atoms with E-state index in [-0.39, 0.29) is 16.8 Å². The molecule has 0 atom stereocenters. The van der Waals surface area contributed by atoms with Crippen LogP contribution >= 0.6 is 0 Å². The Bertz CT molecular complexity index is 904. The zero-order chi connectivity index (χ0) is 15.8. The maximum Gasteiger partial charge on any atom is 0.294 e. The fourth-order valence-corrected chi connectivity index (χ4v) is 2.64. The van der Waals surface area contributed by atoms with E-state index in [0.29, 0.717) is 5.39 Å². The maximum atomic E-state index is 11.1. The Hall–Kier alpha value is -1.88. The summed E-state index contributed by atoms with van der Waals surface area (Å²) in [5.74, 6) is -1.07. The van der Waals surface area contributed by atoms with E-state index in [1.807, 2.05) is 0 Å². The molecule has 2 aromatic rings. The van der Waals surface area contributed by atoms with Crippen molar-refractivity contribution in [2.45, 2.75) is 4.90 Å². The lowest BCUT2D eigenvalue weighted by atomic mass is 10.1. The summed E-state index contributed by atoms with van der Waals surface area (Å²) >= 11 is 0. The van der Waals surface area contributed by atoms with Crippen LogP contribution in [0.25, 0.3) is 10.8 Å². The molecule has 0 aliphatic heterocycles. The molecule has 0 saturated heterocycles. The van der Waals surface area contributed by atoms with Gasteiger partial charge in [-0.1, -0.05) is 0 Å². The standard InChI is InChI=1S/C11H11NO7S2/c13-11-5-9(21(17,18)19)4-7-3-8(1-2-10(7)11)12-6-20(14,15)16/h1-5,12-13H,6H2,(H,14,15,16)(H,17,18,19). The van der Waals surface area contributed by atoms with E-state index in [1.165, 1.54) is 18.2 Å². The zero-order valence-electron chi connectivity index (χ0n) is 10.4. The van der Waals surface area contributed by atoms with Crippen molar-refractivity contribution >= 4 is 36.7 Å². The minimum Gasteiger partial charge on any atom is -0.507 e. The minimum atomic E-state index is -4.48. The predicted octanol–water partition coefficient (Wildman–Crippen LogP) is 1.05. The number of phenolic OH excluding ortho intramolecular Hbond substituents is 1. The van der Waals surface area contributed by atoms with E-state index in [0.717, 1.165) is 12.1 Å². The Labute approximate surface area is 120 Å². The van der Waals surface area contributed by atoms with E-state index in [2.05, 4.69) is 5.32 Å². The van der Waals surface area contributed by atoms with Crippen molar-refractivity contribution in [3.05, 3.63) is 30.3 Å². The van der Waals surface area contributed by atoms with Gasteiger partial charge in [-0.2, -0.15) is 16.8 Å². The molecule has 4 N–H and O–H groups in total. The van der Waals surface area contributed by atoms with Crippen molar-refractivity contribution in [2.24, 2.45) is 0 Å². The number of nitrogens with one attached hydrogen (secondary N) is 1. The number of aromatic hydroxyl groups is 1. The van der Waals surface area contributed by atoms with Crippen LogP contribution in [0.1, 0.15) is 0 Å². The average Bonchev–Trinajstić information content (AvgIpc) is 2.34. The van der Waals surface area contributed by atoms with Gasteiger partial charge in [0.2, 0.25) is 0 Å². The van der Waals surface area contributed by atoms with Gasteiger partial charge in [0.05, 0.1) is 4.90 Å². The molecular formula is C11H11NO7S2. The molecule has 10 heteroatoms. The van der Waals surface area contributed by atoms with E-state index < -0.39 is 31.0 Å². The van der Waals surface area contributed by atoms with Gasteiger partial charge in [-0.25, -0.2) is 0 Å². The highest BCUT2D eigenvalue weighted by Gasteiger charge is 2.13. The van der Waals surface area contributed by atoms with Crippen LogP contribution in [0, 0.1) is 0 Å². The highest BCUT2D eigenvalue weighted by atomic mass is 32.2. The first-order valence-electron chi connectivity index (χ1n) is 5.49. The molecule has 0 heterocycles. The Kier molecular flexibility index (Phi) is 3.80. The second kappa shape index (κ2) is 5.15. The molecule has 0 spiro atoms. The number of phenols is 1. The molecule has 0 bridgehead atoms. The smallest absolute Gasteiger partial charge is 0.294 e. The van der Waals surface area contributed by atoms with Gasteiger partial charge in [0.25, 0.3) is 20.2 Å². The number of fused-ring (bicyclic) bond motifs is 1. The second-order valence-corrected chi connectivity index (χ2v) is 7.13. The van der Waals surface area contributed by atoms with Gasteiger partial charge in [0, 0.05) is 17.1 Å². The van der Waals surface area contributed by atoms with Crippen LogP contribution in [-0.4, -0.2) is 36.9 Å². The molecule has 0 amide bonds. The van der Waals surface area contributed by atoms with Gasteiger partial charge in [0.15, 0.2) is 0 Å². The van der Waals surface area contributed by atoms with Gasteiger partial charge in [-0.05, 0) is 29.7 Å². The van der Waals surface area contributed by atoms with Crippen molar-refractivity contribution in [3.8, 4) is 5.75 Å². The van der Waals surface area contributed by atoms with Gasteiger partial charge < -0.3 is 10.4 Å². The van der Waals surface area contributed by atoms with Gasteiger partial charge in [-0.3, -0.25) is 9.11 Å². The van der Waals surface area contributed by atoms with Crippen LogP contribution in [0.2, 0.25) is 0 Å². The van der Waals surface area contributed by atoms with E-state index in [9.17, 15) is 21.9 Å². The summed E-state index contributed by atoms with van der Waals surface area (Å²) in [6.45, 7) is 0. The minimum absolute atomic E-state index is 0.267. The molecule has 0 aromatic heterocycles. The van der Waals surface area contributed by atoms with Crippen LogP contribution in [0.5, 0.6) is 5.75 Å². The normalized spacial score (nSPS) is 12.5. The lowest BCUT2D eigenvalue weighted by Crippen LogP contribution is -2.12. The van der Waals surface area contributed by atoms with Crippen LogP contribution < -0.4 is 5.32 Å². The highest BCUT2D eigenvalue weighted by molar-refractivity contribution is 7.86. The van der Waals surface area contributed by atoms with Crippen LogP contribution in [0.4, 0.5) is 5.69 Å². The van der Waals surface area contributed by atoms with Gasteiger partial charge in [0.1, 0.15) is 11.6 Å². The van der Waals surface area contributed by atoms with Crippen LogP contribution in [0.3, 0.4) is 0 Å². The van der Waals surface area contributed by atoms with Crippen LogP contribution in [-0.2, 0) is 20.2 Å². The molecule has 0 aliphatic rings. The van der Waals surface area contributed by atoms with Crippen molar-refractivity contribution in [1.82, 2.24) is 0 Å². The highest BCUT2D eigenvalue weighted by Crippen LogP contribution is 2.30. The average molecular weight is 333 g/mol. The molecule has 0 radical (unpaired) electrons.